The highest BCUT2D eigenvalue weighted by Crippen LogP contribution is 2.48. The van der Waals surface area contributed by atoms with Crippen LogP contribution in [0.4, 0.5) is 17.4 Å². The van der Waals surface area contributed by atoms with Gasteiger partial charge in [-0.2, -0.15) is 0 Å². The lowest BCUT2D eigenvalue weighted by Crippen LogP contribution is -2.20. The largest absolute Gasteiger partial charge is 0.508 e. The molecule has 5 rings (SSSR count). The molecule has 0 aliphatic carbocycles. The van der Waals surface area contributed by atoms with Crippen molar-refractivity contribution < 1.29 is 14.3 Å². The molecule has 0 unspecified atom stereocenters. The van der Waals surface area contributed by atoms with Crippen LogP contribution in [0.15, 0.2) is 93.1 Å². The standard InChI is InChI=1S/C24H18N4O3S/c29-17-12-9-16(10-13-17)11-14-22(30)25-24-27-26-23(31-24)15-28-18-5-1-3-7-20(18)32-21-8-4-2-6-19(21)28/h1-14,29H,15H2,(H,25,27,30)/b14-11+. The van der Waals surface area contributed by atoms with Gasteiger partial charge in [0.05, 0.1) is 11.4 Å². The van der Waals surface area contributed by atoms with Crippen molar-refractivity contribution in [1.29, 1.82) is 0 Å². The third-order valence-electron chi connectivity index (χ3n) is 4.84. The second-order valence-electron chi connectivity index (χ2n) is 7.04. The molecule has 0 saturated heterocycles. The van der Waals surface area contributed by atoms with Gasteiger partial charge in [-0.25, -0.2) is 0 Å². The number of carbonyl (C=O) groups is 1. The number of nitrogens with zero attached hydrogens (tertiary/aromatic N) is 3. The molecule has 3 aromatic carbocycles. The molecule has 0 spiro atoms. The quantitative estimate of drug-likeness (QED) is 0.409. The number of para-hydroxylation sites is 2. The second kappa shape index (κ2) is 8.60. The topological polar surface area (TPSA) is 91.5 Å². The van der Waals surface area contributed by atoms with Gasteiger partial charge in [-0.15, -0.1) is 5.10 Å². The summed E-state index contributed by atoms with van der Waals surface area (Å²) < 4.78 is 5.69. The van der Waals surface area contributed by atoms with Crippen LogP contribution in [-0.4, -0.2) is 21.2 Å². The predicted octanol–water partition coefficient (Wildman–Crippen LogP) is 5.23. The minimum Gasteiger partial charge on any atom is -0.508 e. The van der Waals surface area contributed by atoms with E-state index in [9.17, 15) is 9.90 Å². The summed E-state index contributed by atoms with van der Waals surface area (Å²) in [5, 5.41) is 20.0. The monoisotopic (exact) mass is 442 g/mol. The number of aromatic nitrogens is 2. The molecule has 1 aliphatic rings. The zero-order valence-electron chi connectivity index (χ0n) is 16.8. The van der Waals surface area contributed by atoms with Gasteiger partial charge in [0.25, 0.3) is 5.91 Å². The van der Waals surface area contributed by atoms with Crippen LogP contribution in [0.3, 0.4) is 0 Å². The molecule has 7 nitrogen and oxygen atoms in total. The molecule has 8 heteroatoms. The summed E-state index contributed by atoms with van der Waals surface area (Å²) >= 11 is 1.73. The maximum absolute atomic E-state index is 12.2. The molecule has 0 bridgehead atoms. The molecule has 0 atom stereocenters. The van der Waals surface area contributed by atoms with E-state index in [-0.39, 0.29) is 11.8 Å². The SMILES string of the molecule is O=C(/C=C/c1ccc(O)cc1)Nc1nnc(CN2c3ccccc3Sc3ccccc32)o1. The summed E-state index contributed by atoms with van der Waals surface area (Å²) in [7, 11) is 0. The fourth-order valence-corrected chi connectivity index (χ4v) is 4.45. The fraction of sp³-hybridized carbons (Fsp3) is 0.0417. The molecule has 1 aromatic heterocycles. The number of hydrogen-bond donors (Lipinski definition) is 2. The number of fused-ring (bicyclic) bond motifs is 2. The first-order valence-corrected chi connectivity index (χ1v) is 10.7. The third-order valence-corrected chi connectivity index (χ3v) is 5.97. The van der Waals surface area contributed by atoms with E-state index in [1.54, 1.807) is 42.1 Å². The van der Waals surface area contributed by atoms with E-state index in [1.165, 1.54) is 6.08 Å². The van der Waals surface area contributed by atoms with Crippen LogP contribution >= 0.6 is 11.8 Å². The van der Waals surface area contributed by atoms with E-state index < -0.39 is 5.91 Å². The zero-order valence-corrected chi connectivity index (χ0v) is 17.6. The molecular formula is C24H18N4O3S. The van der Waals surface area contributed by atoms with Crippen LogP contribution in [0.25, 0.3) is 6.08 Å². The minimum absolute atomic E-state index is 0.0355. The van der Waals surface area contributed by atoms with Crippen molar-refractivity contribution in [1.82, 2.24) is 10.2 Å². The third kappa shape index (κ3) is 4.21. The average molecular weight is 443 g/mol. The molecule has 0 radical (unpaired) electrons. The first kappa shape index (κ1) is 19.9. The highest BCUT2D eigenvalue weighted by Gasteiger charge is 2.24. The van der Waals surface area contributed by atoms with Crippen LogP contribution < -0.4 is 10.2 Å². The molecule has 0 fully saturated rings. The number of nitrogens with one attached hydrogen (secondary N) is 1. The minimum atomic E-state index is -0.390. The first-order chi connectivity index (χ1) is 15.7. The number of rotatable bonds is 5. The Morgan fingerprint density at radius 1 is 0.969 bits per heavy atom. The van der Waals surface area contributed by atoms with Crippen LogP contribution in [-0.2, 0) is 11.3 Å². The maximum atomic E-state index is 12.2. The number of phenols is 1. The van der Waals surface area contributed by atoms with Crippen molar-refractivity contribution in [2.45, 2.75) is 16.3 Å². The van der Waals surface area contributed by atoms with Gasteiger partial charge < -0.3 is 14.4 Å². The Morgan fingerprint density at radius 2 is 1.62 bits per heavy atom. The van der Waals surface area contributed by atoms with Crippen LogP contribution in [0.2, 0.25) is 0 Å². The summed E-state index contributed by atoms with van der Waals surface area (Å²) in [6.07, 6.45) is 3.00. The Bertz CT molecular complexity index is 1260. The van der Waals surface area contributed by atoms with Crippen molar-refractivity contribution in [3.05, 3.63) is 90.3 Å². The van der Waals surface area contributed by atoms with E-state index in [1.807, 2.05) is 24.3 Å². The molecule has 32 heavy (non-hydrogen) atoms. The van der Waals surface area contributed by atoms with Crippen LogP contribution in [0.1, 0.15) is 11.5 Å². The molecule has 2 heterocycles. The first-order valence-electron chi connectivity index (χ1n) is 9.90. The number of benzene rings is 3. The molecule has 1 amide bonds. The number of hydrogen-bond acceptors (Lipinski definition) is 7. The van der Waals surface area contributed by atoms with Gasteiger partial charge in [-0.3, -0.25) is 10.1 Å². The number of phenolic OH excluding ortho intramolecular Hbond substituents is 1. The lowest BCUT2D eigenvalue weighted by Gasteiger charge is -2.31. The fourth-order valence-electron chi connectivity index (χ4n) is 3.36. The zero-order chi connectivity index (χ0) is 21.9. The lowest BCUT2D eigenvalue weighted by molar-refractivity contribution is -0.112. The Kier molecular flexibility index (Phi) is 5.35. The average Bonchev–Trinajstić information content (AvgIpc) is 3.25. The lowest BCUT2D eigenvalue weighted by atomic mass is 10.2. The molecule has 2 N–H and O–H groups in total. The van der Waals surface area contributed by atoms with Crippen LogP contribution in [0.5, 0.6) is 5.75 Å². The Hall–Kier alpha value is -4.04. The Morgan fingerprint density at radius 3 is 2.31 bits per heavy atom. The second-order valence-corrected chi connectivity index (χ2v) is 8.12. The van der Waals surface area contributed by atoms with E-state index >= 15 is 0 Å². The number of carbonyl (C=O) groups excluding carboxylic acids is 1. The van der Waals surface area contributed by atoms with Gasteiger partial charge in [0.15, 0.2) is 0 Å². The summed E-state index contributed by atoms with van der Waals surface area (Å²) in [4.78, 5) is 16.6. The van der Waals surface area contributed by atoms with Gasteiger partial charge in [0.2, 0.25) is 5.89 Å². The van der Waals surface area contributed by atoms with Crippen LogP contribution in [0, 0.1) is 0 Å². The summed E-state index contributed by atoms with van der Waals surface area (Å²) in [6, 6.07) is 22.9. The van der Waals surface area contributed by atoms with Crippen molar-refractivity contribution in [3.63, 3.8) is 0 Å². The smallest absolute Gasteiger partial charge is 0.322 e. The summed E-state index contributed by atoms with van der Waals surface area (Å²) in [5.74, 6) is 0.167. The molecule has 0 saturated carbocycles. The highest BCUT2D eigenvalue weighted by atomic mass is 32.2. The Balaban J connectivity index is 1.31. The number of aromatic hydroxyl groups is 1. The highest BCUT2D eigenvalue weighted by molar-refractivity contribution is 7.99. The number of anilines is 3. The summed E-state index contributed by atoms with van der Waals surface area (Å²) in [6.45, 7) is 0.376. The van der Waals surface area contributed by atoms with Gasteiger partial charge in [0, 0.05) is 15.9 Å². The van der Waals surface area contributed by atoms with E-state index in [4.69, 9.17) is 4.42 Å². The van der Waals surface area contributed by atoms with Crippen molar-refractivity contribution in [3.8, 4) is 5.75 Å². The van der Waals surface area contributed by atoms with Crippen molar-refractivity contribution in [2.24, 2.45) is 0 Å². The maximum Gasteiger partial charge on any atom is 0.322 e. The van der Waals surface area contributed by atoms with Crippen molar-refractivity contribution >= 4 is 41.1 Å². The van der Waals surface area contributed by atoms with E-state index in [0.29, 0.717) is 12.4 Å². The number of amides is 1. The summed E-state index contributed by atoms with van der Waals surface area (Å²) in [5.41, 5.74) is 2.91. The van der Waals surface area contributed by atoms with Gasteiger partial charge in [-0.1, -0.05) is 53.3 Å². The molecular weight excluding hydrogens is 424 g/mol. The van der Waals surface area contributed by atoms with Gasteiger partial charge >= 0.3 is 6.01 Å². The molecule has 1 aliphatic heterocycles. The molecule has 158 valence electrons. The molecule has 4 aromatic rings. The Labute approximate surface area is 188 Å². The predicted molar refractivity (Wildman–Crippen MR) is 123 cm³/mol. The van der Waals surface area contributed by atoms with Crippen molar-refractivity contribution in [2.75, 3.05) is 10.2 Å². The van der Waals surface area contributed by atoms with E-state index in [0.717, 1.165) is 26.7 Å². The van der Waals surface area contributed by atoms with Gasteiger partial charge in [-0.05, 0) is 48.0 Å². The van der Waals surface area contributed by atoms with Gasteiger partial charge in [0.1, 0.15) is 12.3 Å². The van der Waals surface area contributed by atoms with E-state index in [2.05, 4.69) is 44.7 Å². The normalized spacial score (nSPS) is 12.4.